The number of aromatic amines is 1. The van der Waals surface area contributed by atoms with Crippen molar-refractivity contribution in [2.45, 2.75) is 19.8 Å². The molecule has 20 heavy (non-hydrogen) atoms. The molecule has 7 nitrogen and oxygen atoms in total. The van der Waals surface area contributed by atoms with Crippen molar-refractivity contribution in [1.82, 2.24) is 19.1 Å². The summed E-state index contributed by atoms with van der Waals surface area (Å²) in [6.45, 7) is 3.03. The van der Waals surface area contributed by atoms with Crippen molar-refractivity contribution < 1.29 is 0 Å². The summed E-state index contributed by atoms with van der Waals surface area (Å²) in [6.07, 6.45) is 2.61. The van der Waals surface area contributed by atoms with Gasteiger partial charge in [-0.1, -0.05) is 6.92 Å². The summed E-state index contributed by atoms with van der Waals surface area (Å²) < 4.78 is 2.46. The molecule has 0 radical (unpaired) electrons. The number of fused-ring (bicyclic) bond motifs is 1. The zero-order valence-corrected chi connectivity index (χ0v) is 11.9. The van der Waals surface area contributed by atoms with E-state index in [0.717, 1.165) is 17.0 Å². The van der Waals surface area contributed by atoms with Gasteiger partial charge in [-0.3, -0.25) is 13.9 Å². The molecule has 1 saturated carbocycles. The predicted molar refractivity (Wildman–Crippen MR) is 77.0 cm³/mol. The van der Waals surface area contributed by atoms with E-state index >= 15 is 0 Å². The molecular formula is C13H19N5O2. The Morgan fingerprint density at radius 3 is 2.70 bits per heavy atom. The van der Waals surface area contributed by atoms with Gasteiger partial charge >= 0.3 is 5.69 Å². The summed E-state index contributed by atoms with van der Waals surface area (Å²) in [6, 6.07) is 0. The topological polar surface area (TPSA) is 84.7 Å². The molecule has 2 aromatic rings. The molecule has 2 aromatic heterocycles. The number of anilines is 1. The summed E-state index contributed by atoms with van der Waals surface area (Å²) in [5.41, 5.74) is 0.0293. The fraction of sp³-hybridized carbons (Fsp3) is 0.615. The Balaban J connectivity index is 1.94. The first-order valence-electron chi connectivity index (χ1n) is 6.88. The van der Waals surface area contributed by atoms with E-state index in [-0.39, 0.29) is 11.2 Å². The van der Waals surface area contributed by atoms with E-state index in [1.54, 1.807) is 7.05 Å². The number of hydrogen-bond donors (Lipinski definition) is 2. The highest BCUT2D eigenvalue weighted by Gasteiger charge is 2.27. The van der Waals surface area contributed by atoms with Crippen LogP contribution < -0.4 is 16.6 Å². The van der Waals surface area contributed by atoms with Crippen LogP contribution in [0.2, 0.25) is 0 Å². The van der Waals surface area contributed by atoms with Crippen molar-refractivity contribution in [1.29, 1.82) is 0 Å². The van der Waals surface area contributed by atoms with Crippen molar-refractivity contribution in [3.63, 3.8) is 0 Å². The zero-order valence-electron chi connectivity index (χ0n) is 11.9. The quantitative estimate of drug-likeness (QED) is 0.848. The molecule has 2 N–H and O–H groups in total. The highest BCUT2D eigenvalue weighted by atomic mass is 16.2. The average Bonchev–Trinajstić information content (AvgIpc) is 3.20. The summed E-state index contributed by atoms with van der Waals surface area (Å²) in [7, 11) is 3.08. The van der Waals surface area contributed by atoms with Crippen LogP contribution in [0.4, 0.5) is 5.95 Å². The monoisotopic (exact) mass is 277 g/mol. The summed E-state index contributed by atoms with van der Waals surface area (Å²) in [5, 5.41) is 3.22. The van der Waals surface area contributed by atoms with Crippen molar-refractivity contribution in [2.75, 3.05) is 11.9 Å². The van der Waals surface area contributed by atoms with Crippen molar-refractivity contribution in [3.05, 3.63) is 20.8 Å². The molecule has 0 bridgehead atoms. The lowest BCUT2D eigenvalue weighted by molar-refractivity contribution is 0.535. The Bertz CT molecular complexity index is 765. The number of H-pyrrole nitrogens is 1. The third-order valence-electron chi connectivity index (χ3n) is 4.11. The Morgan fingerprint density at radius 1 is 1.35 bits per heavy atom. The van der Waals surface area contributed by atoms with Gasteiger partial charge in [0, 0.05) is 20.6 Å². The Morgan fingerprint density at radius 2 is 2.05 bits per heavy atom. The second-order valence-corrected chi connectivity index (χ2v) is 5.69. The Kier molecular flexibility index (Phi) is 2.92. The largest absolute Gasteiger partial charge is 0.355 e. The van der Waals surface area contributed by atoms with Gasteiger partial charge in [0.2, 0.25) is 5.95 Å². The van der Waals surface area contributed by atoms with Crippen molar-refractivity contribution >= 4 is 17.1 Å². The van der Waals surface area contributed by atoms with Gasteiger partial charge in [-0.2, -0.15) is 4.98 Å². The van der Waals surface area contributed by atoms with Gasteiger partial charge in [0.15, 0.2) is 11.2 Å². The Hall–Kier alpha value is -2.05. The number of aryl methyl sites for hydroxylation is 1. The average molecular weight is 277 g/mol. The van der Waals surface area contributed by atoms with Gasteiger partial charge in [-0.05, 0) is 24.7 Å². The first-order chi connectivity index (χ1) is 9.49. The van der Waals surface area contributed by atoms with Crippen molar-refractivity contribution in [2.24, 2.45) is 25.9 Å². The lowest BCUT2D eigenvalue weighted by Crippen LogP contribution is -2.36. The molecule has 2 heterocycles. The number of hydrogen-bond acceptors (Lipinski definition) is 4. The third-order valence-corrected chi connectivity index (χ3v) is 4.11. The molecule has 108 valence electrons. The van der Waals surface area contributed by atoms with E-state index in [9.17, 15) is 9.59 Å². The van der Waals surface area contributed by atoms with E-state index in [0.29, 0.717) is 23.0 Å². The molecule has 0 aromatic carbocycles. The molecular weight excluding hydrogens is 258 g/mol. The molecule has 0 aliphatic heterocycles. The van der Waals surface area contributed by atoms with Crippen LogP contribution in [0.25, 0.3) is 11.2 Å². The maximum atomic E-state index is 12.0. The maximum Gasteiger partial charge on any atom is 0.332 e. The predicted octanol–water partition coefficient (Wildman–Crippen LogP) is 0.418. The molecule has 7 heteroatoms. The highest BCUT2D eigenvalue weighted by molar-refractivity contribution is 5.72. The van der Waals surface area contributed by atoms with E-state index in [2.05, 4.69) is 22.2 Å². The first kappa shape index (κ1) is 13.0. The minimum absolute atomic E-state index is 0.348. The SMILES string of the molecule is CC(CNc1nc2c([nH]1)c(=O)n(C)c(=O)n2C)C1CC1. The van der Waals surface area contributed by atoms with Crippen molar-refractivity contribution in [3.8, 4) is 0 Å². The summed E-state index contributed by atoms with van der Waals surface area (Å²) in [4.78, 5) is 31.1. The van der Waals surface area contributed by atoms with Crippen LogP contribution in [0.15, 0.2) is 9.59 Å². The smallest absolute Gasteiger partial charge is 0.332 e. The fourth-order valence-electron chi connectivity index (χ4n) is 2.50. The number of rotatable bonds is 4. The van der Waals surface area contributed by atoms with E-state index < -0.39 is 0 Å². The van der Waals surface area contributed by atoms with Crippen LogP contribution in [-0.2, 0) is 14.1 Å². The first-order valence-corrected chi connectivity index (χ1v) is 6.88. The standard InChI is InChI=1S/C13H19N5O2/c1-7(8-4-5-8)6-14-12-15-9-10(16-12)17(2)13(20)18(3)11(9)19/h7-8H,4-6H2,1-3H3,(H2,14,15,16). The van der Waals surface area contributed by atoms with Crippen LogP contribution >= 0.6 is 0 Å². The lowest BCUT2D eigenvalue weighted by Gasteiger charge is -2.09. The molecule has 0 saturated heterocycles. The van der Waals surface area contributed by atoms with Gasteiger partial charge < -0.3 is 10.3 Å². The van der Waals surface area contributed by atoms with Gasteiger partial charge in [0.25, 0.3) is 5.56 Å². The third kappa shape index (κ3) is 2.03. The zero-order chi connectivity index (χ0) is 14.4. The highest BCUT2D eigenvalue weighted by Crippen LogP contribution is 2.36. The molecule has 3 rings (SSSR count). The second-order valence-electron chi connectivity index (χ2n) is 5.69. The number of aromatic nitrogens is 4. The van der Waals surface area contributed by atoms with Crippen LogP contribution in [0, 0.1) is 11.8 Å². The summed E-state index contributed by atoms with van der Waals surface area (Å²) in [5.74, 6) is 1.95. The molecule has 1 fully saturated rings. The second kappa shape index (κ2) is 4.50. The fourth-order valence-corrected chi connectivity index (χ4v) is 2.50. The molecule has 1 unspecified atom stereocenters. The van der Waals surface area contributed by atoms with Gasteiger partial charge in [0.1, 0.15) is 0 Å². The van der Waals surface area contributed by atoms with E-state index in [1.807, 2.05) is 0 Å². The molecule has 1 atom stereocenters. The molecule has 1 aliphatic carbocycles. The number of nitrogens with zero attached hydrogens (tertiary/aromatic N) is 3. The van der Waals surface area contributed by atoms with Crippen LogP contribution in [0.3, 0.4) is 0 Å². The minimum atomic E-state index is -0.369. The van der Waals surface area contributed by atoms with Crippen LogP contribution in [0.5, 0.6) is 0 Å². The van der Waals surface area contributed by atoms with E-state index in [4.69, 9.17) is 0 Å². The molecule has 1 aliphatic rings. The van der Waals surface area contributed by atoms with Gasteiger partial charge in [-0.15, -0.1) is 0 Å². The van der Waals surface area contributed by atoms with Gasteiger partial charge in [0.05, 0.1) is 0 Å². The van der Waals surface area contributed by atoms with Crippen LogP contribution in [-0.4, -0.2) is 25.6 Å². The number of nitrogens with one attached hydrogen (secondary N) is 2. The van der Waals surface area contributed by atoms with Crippen LogP contribution in [0.1, 0.15) is 19.8 Å². The lowest BCUT2D eigenvalue weighted by atomic mass is 10.1. The number of imidazole rings is 1. The Labute approximate surface area is 115 Å². The summed E-state index contributed by atoms with van der Waals surface area (Å²) >= 11 is 0. The van der Waals surface area contributed by atoms with E-state index in [1.165, 1.54) is 24.5 Å². The molecule has 0 amide bonds. The maximum absolute atomic E-state index is 12.0. The normalized spacial score (nSPS) is 16.6. The van der Waals surface area contributed by atoms with Gasteiger partial charge in [-0.25, -0.2) is 4.79 Å². The molecule has 0 spiro atoms. The minimum Gasteiger partial charge on any atom is -0.355 e.